The molecule has 0 aliphatic rings. The van der Waals surface area contributed by atoms with Crippen LogP contribution in [0.2, 0.25) is 0 Å². The largest absolute Gasteiger partial charge is 0.431 e. The maximum atomic E-state index is 12.9. The summed E-state index contributed by atoms with van der Waals surface area (Å²) in [6.07, 6.45) is 0. The molecule has 0 saturated carbocycles. The Morgan fingerprint density at radius 1 is 1.20 bits per heavy atom. The van der Waals surface area contributed by atoms with E-state index in [1.54, 1.807) is 39.8 Å². The number of thioether (sulfide) groups is 1. The van der Waals surface area contributed by atoms with Crippen LogP contribution in [0.5, 0.6) is 0 Å². The van der Waals surface area contributed by atoms with Crippen LogP contribution in [0.4, 0.5) is 5.69 Å². The Morgan fingerprint density at radius 2 is 1.90 bits per heavy atom. The molecule has 7 nitrogen and oxygen atoms in total. The third-order valence-corrected chi connectivity index (χ3v) is 7.84. The smallest absolute Gasteiger partial charge is 0.257 e. The van der Waals surface area contributed by atoms with Crippen LogP contribution in [-0.2, 0) is 14.8 Å². The summed E-state index contributed by atoms with van der Waals surface area (Å²) in [5.74, 6) is -0.266. The van der Waals surface area contributed by atoms with E-state index >= 15 is 0 Å². The number of fused-ring (bicyclic) bond motifs is 1. The number of carbonyl (C=O) groups excluding carboxylic acids is 1. The van der Waals surface area contributed by atoms with Crippen LogP contribution < -0.4 is 5.32 Å². The maximum Gasteiger partial charge on any atom is 0.257 e. The Labute approximate surface area is 180 Å². The number of hydrogen-bond acceptors (Lipinski definition) is 6. The summed E-state index contributed by atoms with van der Waals surface area (Å²) < 4.78 is 32.9. The number of para-hydroxylation sites is 2. The summed E-state index contributed by atoms with van der Waals surface area (Å²) in [6.45, 7) is 7.85. The van der Waals surface area contributed by atoms with Gasteiger partial charge in [0.1, 0.15) is 5.52 Å². The molecule has 0 aliphatic heterocycles. The lowest BCUT2D eigenvalue weighted by Gasteiger charge is -2.20. The van der Waals surface area contributed by atoms with Gasteiger partial charge in [-0.15, -0.1) is 0 Å². The fourth-order valence-corrected chi connectivity index (χ4v) is 5.47. The van der Waals surface area contributed by atoms with Crippen molar-refractivity contribution in [2.45, 2.75) is 43.1 Å². The van der Waals surface area contributed by atoms with Gasteiger partial charge in [0, 0.05) is 18.8 Å². The van der Waals surface area contributed by atoms with Crippen LogP contribution in [0.25, 0.3) is 11.1 Å². The van der Waals surface area contributed by atoms with E-state index in [0.717, 1.165) is 5.52 Å². The van der Waals surface area contributed by atoms with Gasteiger partial charge in [-0.25, -0.2) is 13.4 Å². The molecule has 9 heteroatoms. The molecular weight excluding hydrogens is 422 g/mol. The van der Waals surface area contributed by atoms with Gasteiger partial charge in [0.2, 0.25) is 15.9 Å². The summed E-state index contributed by atoms with van der Waals surface area (Å²) in [6, 6.07) is 12.3. The summed E-state index contributed by atoms with van der Waals surface area (Å²) in [5.41, 5.74) is 2.46. The first kappa shape index (κ1) is 22.3. The van der Waals surface area contributed by atoms with Crippen LogP contribution in [-0.4, -0.2) is 42.0 Å². The standard InChI is InChI=1S/C21H25N3O4S2/c1-5-24(6-2)30(26,27)19-13-16(12-11-14(19)3)22-20(25)15(4)29-21-23-17-9-7-8-10-18(17)28-21/h7-13,15H,5-6H2,1-4H3,(H,22,25)/t15-/m1/s1. The van der Waals surface area contributed by atoms with Crippen LogP contribution in [0.3, 0.4) is 0 Å². The third kappa shape index (κ3) is 4.69. The predicted octanol–water partition coefficient (Wildman–Crippen LogP) is 4.29. The minimum absolute atomic E-state index is 0.197. The van der Waals surface area contributed by atoms with Crippen molar-refractivity contribution in [2.75, 3.05) is 18.4 Å². The van der Waals surface area contributed by atoms with Crippen LogP contribution >= 0.6 is 11.8 Å². The second kappa shape index (κ2) is 9.20. The number of rotatable bonds is 8. The second-order valence-corrected chi connectivity index (χ2v) is 9.96. The number of nitrogens with zero attached hydrogens (tertiary/aromatic N) is 2. The first-order valence-electron chi connectivity index (χ1n) is 9.70. The molecule has 1 amide bonds. The molecule has 0 fully saturated rings. The predicted molar refractivity (Wildman–Crippen MR) is 119 cm³/mol. The molecule has 1 atom stereocenters. The zero-order valence-corrected chi connectivity index (χ0v) is 19.0. The highest BCUT2D eigenvalue weighted by Gasteiger charge is 2.25. The molecule has 0 saturated heterocycles. The lowest BCUT2D eigenvalue weighted by molar-refractivity contribution is -0.115. The normalized spacial score (nSPS) is 13.0. The minimum Gasteiger partial charge on any atom is -0.431 e. The molecule has 0 radical (unpaired) electrons. The van der Waals surface area contributed by atoms with E-state index < -0.39 is 15.3 Å². The lowest BCUT2D eigenvalue weighted by Crippen LogP contribution is -2.31. The maximum absolute atomic E-state index is 12.9. The highest BCUT2D eigenvalue weighted by Crippen LogP contribution is 2.28. The first-order chi connectivity index (χ1) is 14.3. The van der Waals surface area contributed by atoms with Crippen molar-refractivity contribution in [3.05, 3.63) is 48.0 Å². The average molecular weight is 448 g/mol. The van der Waals surface area contributed by atoms with E-state index in [-0.39, 0.29) is 10.8 Å². The molecule has 0 aliphatic carbocycles. The van der Waals surface area contributed by atoms with Gasteiger partial charge in [-0.3, -0.25) is 4.79 Å². The molecule has 2 aromatic carbocycles. The molecular formula is C21H25N3O4S2. The molecule has 160 valence electrons. The van der Waals surface area contributed by atoms with Crippen LogP contribution in [0.15, 0.2) is 57.0 Å². The summed E-state index contributed by atoms with van der Waals surface area (Å²) >= 11 is 1.21. The van der Waals surface area contributed by atoms with E-state index in [4.69, 9.17) is 4.42 Å². The van der Waals surface area contributed by atoms with Crippen molar-refractivity contribution in [2.24, 2.45) is 0 Å². The van der Waals surface area contributed by atoms with Crippen molar-refractivity contribution in [1.82, 2.24) is 9.29 Å². The van der Waals surface area contributed by atoms with E-state index in [0.29, 0.717) is 35.1 Å². The van der Waals surface area contributed by atoms with Crippen LogP contribution in [0.1, 0.15) is 26.3 Å². The molecule has 0 bridgehead atoms. The van der Waals surface area contributed by atoms with Gasteiger partial charge < -0.3 is 9.73 Å². The van der Waals surface area contributed by atoms with E-state index in [2.05, 4.69) is 10.3 Å². The number of carbonyl (C=O) groups is 1. The van der Waals surface area contributed by atoms with E-state index in [1.807, 2.05) is 24.3 Å². The molecule has 0 unspecified atom stereocenters. The zero-order chi connectivity index (χ0) is 21.9. The molecule has 3 aromatic rings. The number of anilines is 1. The fraction of sp³-hybridized carbons (Fsp3) is 0.333. The van der Waals surface area contributed by atoms with Crippen LogP contribution in [0, 0.1) is 6.92 Å². The molecule has 1 aromatic heterocycles. The Balaban J connectivity index is 1.76. The highest BCUT2D eigenvalue weighted by atomic mass is 32.2. The van der Waals surface area contributed by atoms with Crippen molar-refractivity contribution < 1.29 is 17.6 Å². The topological polar surface area (TPSA) is 92.5 Å². The van der Waals surface area contributed by atoms with Gasteiger partial charge in [0.25, 0.3) is 5.22 Å². The van der Waals surface area contributed by atoms with Gasteiger partial charge >= 0.3 is 0 Å². The Bertz CT molecular complexity index is 1120. The number of oxazole rings is 1. The number of aromatic nitrogens is 1. The number of aryl methyl sites for hydroxylation is 1. The molecule has 1 N–H and O–H groups in total. The van der Waals surface area contributed by atoms with E-state index in [1.165, 1.54) is 22.1 Å². The quantitative estimate of drug-likeness (QED) is 0.518. The van der Waals surface area contributed by atoms with Gasteiger partial charge in [0.15, 0.2) is 5.58 Å². The summed E-state index contributed by atoms with van der Waals surface area (Å²) in [5, 5.41) is 2.72. The lowest BCUT2D eigenvalue weighted by atomic mass is 10.2. The van der Waals surface area contributed by atoms with Gasteiger partial charge in [-0.05, 0) is 43.7 Å². The SMILES string of the molecule is CCN(CC)S(=O)(=O)c1cc(NC(=O)[C@@H](C)Sc2nc3ccccc3o2)ccc1C. The van der Waals surface area contributed by atoms with Crippen molar-refractivity contribution >= 4 is 44.5 Å². The zero-order valence-electron chi connectivity index (χ0n) is 17.4. The Kier molecular flexibility index (Phi) is 6.84. The molecule has 3 rings (SSSR count). The number of hydrogen-bond donors (Lipinski definition) is 1. The summed E-state index contributed by atoms with van der Waals surface area (Å²) in [7, 11) is -3.62. The van der Waals surface area contributed by atoms with Gasteiger partial charge in [-0.1, -0.05) is 43.8 Å². The molecule has 0 spiro atoms. The van der Waals surface area contributed by atoms with E-state index in [9.17, 15) is 13.2 Å². The number of nitrogens with one attached hydrogen (secondary N) is 1. The number of sulfonamides is 1. The van der Waals surface area contributed by atoms with Gasteiger partial charge in [-0.2, -0.15) is 4.31 Å². The van der Waals surface area contributed by atoms with Crippen molar-refractivity contribution in [1.29, 1.82) is 0 Å². The van der Waals surface area contributed by atoms with Crippen molar-refractivity contribution in [3.8, 4) is 0 Å². The Morgan fingerprint density at radius 3 is 2.57 bits per heavy atom. The summed E-state index contributed by atoms with van der Waals surface area (Å²) in [4.78, 5) is 17.2. The molecule has 1 heterocycles. The second-order valence-electron chi connectivity index (χ2n) is 6.77. The Hall–Kier alpha value is -2.36. The highest BCUT2D eigenvalue weighted by molar-refractivity contribution is 8.00. The number of amides is 1. The van der Waals surface area contributed by atoms with Gasteiger partial charge in [0.05, 0.1) is 10.1 Å². The average Bonchev–Trinajstić information content (AvgIpc) is 3.12. The minimum atomic E-state index is -3.62. The third-order valence-electron chi connectivity index (χ3n) is 4.70. The first-order valence-corrected chi connectivity index (χ1v) is 12.0. The number of benzene rings is 2. The van der Waals surface area contributed by atoms with Crippen molar-refractivity contribution in [3.63, 3.8) is 0 Å². The fourth-order valence-electron chi connectivity index (χ4n) is 3.01. The monoisotopic (exact) mass is 447 g/mol. The molecule has 30 heavy (non-hydrogen) atoms.